The molecule has 2 heterocycles. The summed E-state index contributed by atoms with van der Waals surface area (Å²) < 4.78 is 2.52. The summed E-state index contributed by atoms with van der Waals surface area (Å²) in [6.07, 6.45) is 3.87. The predicted octanol–water partition coefficient (Wildman–Crippen LogP) is 1.22. The van der Waals surface area contributed by atoms with Crippen molar-refractivity contribution in [2.75, 3.05) is 5.32 Å². The van der Waals surface area contributed by atoms with Crippen LogP contribution in [0.3, 0.4) is 0 Å². The van der Waals surface area contributed by atoms with E-state index in [0.717, 1.165) is 11.1 Å². The molecule has 162 valence electrons. The molecule has 2 N–H and O–H groups in total. The molecule has 3 fully saturated rings. The van der Waals surface area contributed by atoms with E-state index < -0.39 is 5.56 Å². The van der Waals surface area contributed by atoms with Gasteiger partial charge in [0, 0.05) is 13.1 Å². The minimum atomic E-state index is -0.494. The summed E-state index contributed by atoms with van der Waals surface area (Å²) >= 11 is 6.33. The normalized spacial score (nSPS) is 26.7. The number of carbonyl (C=O) groups is 1. The molecule has 11 heteroatoms. The quantitative estimate of drug-likeness (QED) is 0.701. The summed E-state index contributed by atoms with van der Waals surface area (Å²) in [4.78, 5) is 24.8. The van der Waals surface area contributed by atoms with Crippen molar-refractivity contribution in [2.24, 2.45) is 30.2 Å². The van der Waals surface area contributed by atoms with Crippen LogP contribution < -0.4 is 16.2 Å². The molecule has 0 spiro atoms. The number of hydrogen-bond donors (Lipinski definition) is 2. The van der Waals surface area contributed by atoms with Crippen molar-refractivity contribution in [3.8, 4) is 0 Å². The van der Waals surface area contributed by atoms with Crippen molar-refractivity contribution in [2.45, 2.75) is 52.7 Å². The van der Waals surface area contributed by atoms with E-state index in [1.807, 2.05) is 0 Å². The SMILES string of the molecule is C[C@@H]1[C@H]2C[C@@H](C[C@H]1Nc1cnn(CC(=O)NCc3nnnn3C)c(=O)c1Cl)C2(C)C. The van der Waals surface area contributed by atoms with Crippen molar-refractivity contribution >= 4 is 23.2 Å². The minimum absolute atomic E-state index is 0.0565. The molecular formula is C19H27ClN8O2. The Bertz CT molecular complexity index is 1020. The monoisotopic (exact) mass is 434 g/mol. The lowest BCUT2D eigenvalue weighted by Gasteiger charge is -2.62. The summed E-state index contributed by atoms with van der Waals surface area (Å²) in [6, 6.07) is 0.264. The fourth-order valence-corrected chi connectivity index (χ4v) is 5.19. The molecule has 1 amide bonds. The molecule has 5 rings (SSSR count). The number of carbonyl (C=O) groups excluding carboxylic acids is 1. The summed E-state index contributed by atoms with van der Waals surface area (Å²) in [5.74, 6) is 1.98. The van der Waals surface area contributed by atoms with Gasteiger partial charge in [0.15, 0.2) is 5.82 Å². The zero-order chi connectivity index (χ0) is 21.6. The number of fused-ring (bicyclic) bond motifs is 2. The van der Waals surface area contributed by atoms with Crippen LogP contribution in [0.2, 0.25) is 5.02 Å². The van der Waals surface area contributed by atoms with Gasteiger partial charge in [0.1, 0.15) is 11.6 Å². The molecule has 0 saturated heterocycles. The molecule has 3 saturated carbocycles. The molecule has 10 nitrogen and oxygen atoms in total. The summed E-state index contributed by atoms with van der Waals surface area (Å²) in [5, 5.41) is 21.3. The van der Waals surface area contributed by atoms with Gasteiger partial charge in [-0.15, -0.1) is 5.10 Å². The molecule has 4 atom stereocenters. The van der Waals surface area contributed by atoms with E-state index >= 15 is 0 Å². The Morgan fingerprint density at radius 2 is 2.13 bits per heavy atom. The maximum Gasteiger partial charge on any atom is 0.288 e. The smallest absolute Gasteiger partial charge is 0.288 e. The summed E-state index contributed by atoms with van der Waals surface area (Å²) in [6.45, 7) is 6.88. The van der Waals surface area contributed by atoms with Gasteiger partial charge in [-0.3, -0.25) is 9.59 Å². The average Bonchev–Trinajstić information content (AvgIpc) is 3.11. The Hall–Kier alpha value is -2.49. The van der Waals surface area contributed by atoms with Crippen molar-refractivity contribution in [1.29, 1.82) is 0 Å². The van der Waals surface area contributed by atoms with E-state index in [2.05, 4.69) is 52.0 Å². The van der Waals surface area contributed by atoms with E-state index in [4.69, 9.17) is 11.6 Å². The topological polar surface area (TPSA) is 120 Å². The van der Waals surface area contributed by atoms with Crippen LogP contribution in [0.1, 0.15) is 39.4 Å². The van der Waals surface area contributed by atoms with E-state index in [0.29, 0.717) is 34.7 Å². The molecule has 3 aliphatic rings. The number of anilines is 1. The zero-order valence-electron chi connectivity index (χ0n) is 17.6. The second kappa shape index (κ2) is 7.64. The second-order valence-electron chi connectivity index (χ2n) is 9.04. The Kier molecular flexibility index (Phi) is 5.29. The molecule has 2 bridgehead atoms. The Balaban J connectivity index is 1.39. The van der Waals surface area contributed by atoms with Gasteiger partial charge in [-0.05, 0) is 46.4 Å². The molecule has 30 heavy (non-hydrogen) atoms. The molecule has 0 aromatic carbocycles. The first kappa shape index (κ1) is 20.8. The van der Waals surface area contributed by atoms with E-state index in [-0.39, 0.29) is 30.1 Å². The molecule has 0 aliphatic heterocycles. The number of aryl methyl sites for hydroxylation is 1. The fourth-order valence-electron chi connectivity index (χ4n) is 4.99. The molecule has 2 aromatic heterocycles. The van der Waals surface area contributed by atoms with Gasteiger partial charge in [0.25, 0.3) is 5.56 Å². The van der Waals surface area contributed by atoms with Gasteiger partial charge in [0.2, 0.25) is 5.91 Å². The number of nitrogens with zero attached hydrogens (tertiary/aromatic N) is 6. The first-order valence-corrected chi connectivity index (χ1v) is 10.6. The maximum absolute atomic E-state index is 12.6. The van der Waals surface area contributed by atoms with E-state index in [1.165, 1.54) is 17.3 Å². The van der Waals surface area contributed by atoms with Gasteiger partial charge < -0.3 is 10.6 Å². The highest BCUT2D eigenvalue weighted by molar-refractivity contribution is 6.32. The van der Waals surface area contributed by atoms with Crippen LogP contribution in [-0.4, -0.2) is 41.9 Å². The lowest BCUT2D eigenvalue weighted by molar-refractivity contribution is -0.122. The van der Waals surface area contributed by atoms with Crippen LogP contribution in [0.15, 0.2) is 11.0 Å². The Morgan fingerprint density at radius 3 is 2.77 bits per heavy atom. The highest BCUT2D eigenvalue weighted by atomic mass is 35.5. The van der Waals surface area contributed by atoms with Crippen LogP contribution >= 0.6 is 11.6 Å². The summed E-state index contributed by atoms with van der Waals surface area (Å²) in [5.41, 5.74) is 0.419. The van der Waals surface area contributed by atoms with Gasteiger partial charge >= 0.3 is 0 Å². The molecule has 0 unspecified atom stereocenters. The fraction of sp³-hybridized carbons (Fsp3) is 0.684. The number of hydrogen-bond acceptors (Lipinski definition) is 7. The number of tetrazole rings is 1. The number of rotatable bonds is 6. The van der Waals surface area contributed by atoms with Crippen LogP contribution in [0, 0.1) is 23.2 Å². The first-order chi connectivity index (χ1) is 14.2. The van der Waals surface area contributed by atoms with Crippen LogP contribution in [0.25, 0.3) is 0 Å². The Labute approximate surface area is 179 Å². The van der Waals surface area contributed by atoms with Crippen molar-refractivity contribution in [1.82, 2.24) is 35.3 Å². The van der Waals surface area contributed by atoms with Gasteiger partial charge in [0.05, 0.1) is 18.4 Å². The number of aromatic nitrogens is 6. The number of halogens is 1. The second-order valence-corrected chi connectivity index (χ2v) is 9.41. The van der Waals surface area contributed by atoms with Crippen molar-refractivity contribution < 1.29 is 4.79 Å². The minimum Gasteiger partial charge on any atom is -0.379 e. The maximum atomic E-state index is 12.6. The Morgan fingerprint density at radius 1 is 1.37 bits per heavy atom. The number of amides is 1. The highest BCUT2D eigenvalue weighted by Gasteiger charge is 2.56. The predicted molar refractivity (Wildman–Crippen MR) is 111 cm³/mol. The molecule has 3 aliphatic carbocycles. The van der Waals surface area contributed by atoms with Gasteiger partial charge in [-0.25, -0.2) is 9.36 Å². The van der Waals surface area contributed by atoms with Crippen molar-refractivity contribution in [3.63, 3.8) is 0 Å². The third-order valence-electron chi connectivity index (χ3n) is 7.12. The standard InChI is InChI=1S/C19H27ClN8O2/c1-10-12-5-11(19(12,2)3)6-13(10)23-14-7-22-28(18(30)17(14)20)9-16(29)21-8-15-24-25-26-27(15)4/h7,10-13,23H,5-6,8-9H2,1-4H3,(H,21,29)/t10-,11+,12-,13-/m1/s1. The average molecular weight is 435 g/mol. The lowest BCUT2D eigenvalue weighted by Crippen LogP contribution is -2.58. The third-order valence-corrected chi connectivity index (χ3v) is 7.49. The van der Waals surface area contributed by atoms with Gasteiger partial charge in [-0.1, -0.05) is 32.4 Å². The molecular weight excluding hydrogens is 408 g/mol. The van der Waals surface area contributed by atoms with Gasteiger partial charge in [-0.2, -0.15) is 5.10 Å². The molecule has 2 aromatic rings. The van der Waals surface area contributed by atoms with E-state index in [1.54, 1.807) is 7.05 Å². The number of nitrogens with one attached hydrogen (secondary N) is 2. The third kappa shape index (κ3) is 3.57. The largest absolute Gasteiger partial charge is 0.379 e. The summed E-state index contributed by atoms with van der Waals surface area (Å²) in [7, 11) is 1.68. The lowest BCUT2D eigenvalue weighted by atomic mass is 9.45. The van der Waals surface area contributed by atoms with Crippen molar-refractivity contribution in [3.05, 3.63) is 27.4 Å². The van der Waals surface area contributed by atoms with Crippen LogP contribution in [0.4, 0.5) is 5.69 Å². The highest BCUT2D eigenvalue weighted by Crippen LogP contribution is 2.61. The van der Waals surface area contributed by atoms with E-state index in [9.17, 15) is 9.59 Å². The van der Waals surface area contributed by atoms with Crippen LogP contribution in [0.5, 0.6) is 0 Å². The van der Waals surface area contributed by atoms with Crippen LogP contribution in [-0.2, 0) is 24.9 Å². The zero-order valence-corrected chi connectivity index (χ0v) is 18.3. The first-order valence-electron chi connectivity index (χ1n) is 10.2. The molecule has 0 radical (unpaired) electrons.